The second kappa shape index (κ2) is 9.45. The topological polar surface area (TPSA) is 0 Å². The third-order valence-electron chi connectivity index (χ3n) is 1.64. The van der Waals surface area contributed by atoms with Crippen molar-refractivity contribution in [3.05, 3.63) is 35.9 Å². The van der Waals surface area contributed by atoms with Crippen LogP contribution in [0.1, 0.15) is 61.0 Å². The molecule has 0 radical (unpaired) electrons. The van der Waals surface area contributed by atoms with E-state index in [-0.39, 0.29) is 0 Å². The van der Waals surface area contributed by atoms with Gasteiger partial charge in [-0.1, -0.05) is 85.7 Å². The van der Waals surface area contributed by atoms with Gasteiger partial charge >= 0.3 is 0 Å². The van der Waals surface area contributed by atoms with E-state index in [1.807, 2.05) is 13.8 Å². The number of hydrogen-bond acceptors (Lipinski definition) is 0. The van der Waals surface area contributed by atoms with E-state index >= 15 is 0 Å². The van der Waals surface area contributed by atoms with Crippen LogP contribution in [-0.2, 0) is 5.41 Å². The van der Waals surface area contributed by atoms with Crippen molar-refractivity contribution >= 4 is 0 Å². The first-order valence-corrected chi connectivity index (χ1v) is 6.39. The fourth-order valence-corrected chi connectivity index (χ4v) is 0.938. The maximum Gasteiger partial charge on any atom is -0.0132 e. The van der Waals surface area contributed by atoms with Crippen molar-refractivity contribution in [3.8, 4) is 0 Å². The van der Waals surface area contributed by atoms with Crippen molar-refractivity contribution in [2.45, 2.75) is 60.8 Å². The molecular formula is C16H30. The second-order valence-corrected chi connectivity index (χ2v) is 5.35. The third-order valence-corrected chi connectivity index (χ3v) is 1.64. The molecule has 0 aromatic heterocycles. The summed E-state index contributed by atoms with van der Waals surface area (Å²) in [5, 5.41) is 0. The molecule has 0 unspecified atom stereocenters. The Hall–Kier alpha value is -0.780. The summed E-state index contributed by atoms with van der Waals surface area (Å²) in [5.41, 5.74) is 1.69. The van der Waals surface area contributed by atoms with Crippen LogP contribution in [0.5, 0.6) is 0 Å². The van der Waals surface area contributed by atoms with Crippen molar-refractivity contribution in [3.63, 3.8) is 0 Å². The van der Waals surface area contributed by atoms with Crippen molar-refractivity contribution in [1.82, 2.24) is 0 Å². The summed E-state index contributed by atoms with van der Waals surface area (Å²) >= 11 is 0. The predicted molar refractivity (Wildman–Crippen MR) is 77.0 cm³/mol. The van der Waals surface area contributed by atoms with Crippen LogP contribution in [0, 0.1) is 5.92 Å². The maximum atomic E-state index is 2.22. The molecule has 0 atom stereocenters. The Kier molecular flexibility index (Phi) is 10.4. The minimum absolute atomic E-state index is 0.293. The van der Waals surface area contributed by atoms with Gasteiger partial charge in [0.1, 0.15) is 0 Å². The van der Waals surface area contributed by atoms with Crippen LogP contribution in [-0.4, -0.2) is 0 Å². The maximum absolute atomic E-state index is 2.22. The molecule has 0 aliphatic heterocycles. The molecule has 0 spiro atoms. The van der Waals surface area contributed by atoms with Gasteiger partial charge in [0.2, 0.25) is 0 Å². The highest BCUT2D eigenvalue weighted by molar-refractivity contribution is 5.21. The van der Waals surface area contributed by atoms with Gasteiger partial charge < -0.3 is 0 Å². The Morgan fingerprint density at radius 3 is 1.31 bits per heavy atom. The standard InChI is InChI=1S/C10H14.C4H10.C2H6/c1-10(2,3)9-7-5-4-6-8-9;1-4(2)3;1-2/h4-8H,1-3H3;4H,1-3H3;1-2H3. The van der Waals surface area contributed by atoms with Gasteiger partial charge in [0.05, 0.1) is 0 Å². The fourth-order valence-electron chi connectivity index (χ4n) is 0.938. The second-order valence-electron chi connectivity index (χ2n) is 5.35. The van der Waals surface area contributed by atoms with Crippen LogP contribution in [0.4, 0.5) is 0 Å². The molecule has 0 fully saturated rings. The Balaban J connectivity index is 0. The quantitative estimate of drug-likeness (QED) is 0.530. The van der Waals surface area contributed by atoms with Crippen LogP contribution in [0.3, 0.4) is 0 Å². The van der Waals surface area contributed by atoms with Gasteiger partial charge in [0.25, 0.3) is 0 Å². The van der Waals surface area contributed by atoms with Gasteiger partial charge in [0.15, 0.2) is 0 Å². The van der Waals surface area contributed by atoms with Crippen LogP contribution in [0.2, 0.25) is 0 Å². The summed E-state index contributed by atoms with van der Waals surface area (Å²) in [4.78, 5) is 0. The van der Waals surface area contributed by atoms with Crippen LogP contribution >= 0.6 is 0 Å². The highest BCUT2D eigenvalue weighted by Crippen LogP contribution is 2.20. The largest absolute Gasteiger partial charge is 0.0683 e. The molecule has 1 aromatic carbocycles. The average Bonchev–Trinajstić information content (AvgIpc) is 2.20. The minimum atomic E-state index is 0.293. The molecule has 0 heterocycles. The monoisotopic (exact) mass is 222 g/mol. The number of hydrogen-bond donors (Lipinski definition) is 0. The molecule has 94 valence electrons. The van der Waals surface area contributed by atoms with Crippen molar-refractivity contribution < 1.29 is 0 Å². The molecule has 0 saturated heterocycles. The van der Waals surface area contributed by atoms with Gasteiger partial charge in [-0.3, -0.25) is 0 Å². The van der Waals surface area contributed by atoms with Crippen LogP contribution in [0.15, 0.2) is 30.3 Å². The molecule has 1 rings (SSSR count). The Morgan fingerprint density at radius 1 is 0.812 bits per heavy atom. The van der Waals surface area contributed by atoms with E-state index in [9.17, 15) is 0 Å². The fraction of sp³-hybridized carbons (Fsp3) is 0.625. The van der Waals surface area contributed by atoms with Gasteiger partial charge in [-0.15, -0.1) is 0 Å². The molecule has 0 aliphatic carbocycles. The van der Waals surface area contributed by atoms with Crippen molar-refractivity contribution in [2.24, 2.45) is 5.92 Å². The van der Waals surface area contributed by atoms with E-state index < -0.39 is 0 Å². The Bertz CT molecular complexity index is 223. The van der Waals surface area contributed by atoms with E-state index in [2.05, 4.69) is 71.9 Å². The molecule has 1 aromatic rings. The number of rotatable bonds is 0. The zero-order valence-electron chi connectivity index (χ0n) is 12.5. The third kappa shape index (κ3) is 11.3. The summed E-state index contributed by atoms with van der Waals surface area (Å²) in [6.45, 7) is 17.2. The molecular weight excluding hydrogens is 192 g/mol. The van der Waals surface area contributed by atoms with E-state index in [1.165, 1.54) is 5.56 Å². The zero-order chi connectivity index (χ0) is 13.2. The summed E-state index contributed by atoms with van der Waals surface area (Å²) in [5.74, 6) is 0.833. The highest BCUT2D eigenvalue weighted by atomic mass is 14.2. The first kappa shape index (κ1) is 17.6. The molecule has 0 amide bonds. The molecule has 0 bridgehead atoms. The van der Waals surface area contributed by atoms with E-state index in [0.29, 0.717) is 5.41 Å². The summed E-state index contributed by atoms with van der Waals surface area (Å²) in [6.07, 6.45) is 0. The summed E-state index contributed by atoms with van der Waals surface area (Å²) in [6, 6.07) is 10.6. The van der Waals surface area contributed by atoms with Gasteiger partial charge in [-0.25, -0.2) is 0 Å². The first-order chi connectivity index (χ1) is 7.34. The normalized spacial score (nSPS) is 9.81. The minimum Gasteiger partial charge on any atom is -0.0683 e. The first-order valence-electron chi connectivity index (χ1n) is 6.39. The molecule has 16 heavy (non-hydrogen) atoms. The highest BCUT2D eigenvalue weighted by Gasteiger charge is 2.11. The van der Waals surface area contributed by atoms with Gasteiger partial charge in [-0.05, 0) is 16.9 Å². The lowest BCUT2D eigenvalue weighted by Gasteiger charge is -2.18. The smallest absolute Gasteiger partial charge is 0.0132 e. The Morgan fingerprint density at radius 2 is 1.12 bits per heavy atom. The van der Waals surface area contributed by atoms with Crippen molar-refractivity contribution in [2.75, 3.05) is 0 Å². The van der Waals surface area contributed by atoms with E-state index in [4.69, 9.17) is 0 Å². The molecule has 0 aliphatic rings. The Labute approximate surface area is 103 Å². The molecule has 0 nitrogen and oxygen atoms in total. The molecule has 0 N–H and O–H groups in total. The van der Waals surface area contributed by atoms with Crippen LogP contribution in [0.25, 0.3) is 0 Å². The lowest BCUT2D eigenvalue weighted by atomic mass is 9.87. The number of benzene rings is 1. The van der Waals surface area contributed by atoms with E-state index in [0.717, 1.165) is 5.92 Å². The van der Waals surface area contributed by atoms with E-state index in [1.54, 1.807) is 0 Å². The van der Waals surface area contributed by atoms with Crippen LogP contribution < -0.4 is 0 Å². The SMILES string of the molecule is CC.CC(C)(C)c1ccccc1.CC(C)C. The predicted octanol–water partition coefficient (Wildman–Crippen LogP) is 5.67. The molecule has 0 saturated carbocycles. The van der Waals surface area contributed by atoms with Gasteiger partial charge in [0, 0.05) is 0 Å². The van der Waals surface area contributed by atoms with Gasteiger partial charge in [-0.2, -0.15) is 0 Å². The lowest BCUT2D eigenvalue weighted by molar-refractivity contribution is 0.590. The average molecular weight is 222 g/mol. The lowest BCUT2D eigenvalue weighted by Crippen LogP contribution is -2.10. The molecule has 0 heteroatoms. The summed E-state index contributed by atoms with van der Waals surface area (Å²) in [7, 11) is 0. The van der Waals surface area contributed by atoms with Crippen molar-refractivity contribution in [1.29, 1.82) is 0 Å². The summed E-state index contributed by atoms with van der Waals surface area (Å²) < 4.78 is 0. The zero-order valence-corrected chi connectivity index (χ0v) is 12.5.